The SMILES string of the molecule is CCCC1CNC(C)(C)CN1Cc1ccccc1OC. The predicted octanol–water partition coefficient (Wildman–Crippen LogP) is 3.05. The summed E-state index contributed by atoms with van der Waals surface area (Å²) in [6.45, 7) is 9.96. The molecule has 1 heterocycles. The standard InChI is InChI=1S/C17H28N2O/c1-5-8-15-11-18-17(2,3)13-19(15)12-14-9-6-7-10-16(14)20-4/h6-7,9-10,15,18H,5,8,11-13H2,1-4H3. The molecule has 3 nitrogen and oxygen atoms in total. The van der Waals surface area contributed by atoms with Gasteiger partial charge in [-0.15, -0.1) is 0 Å². The summed E-state index contributed by atoms with van der Waals surface area (Å²) in [5.41, 5.74) is 1.47. The lowest BCUT2D eigenvalue weighted by atomic mass is 9.96. The average Bonchev–Trinajstić information content (AvgIpc) is 2.42. The highest BCUT2D eigenvalue weighted by Crippen LogP contribution is 2.25. The van der Waals surface area contributed by atoms with Gasteiger partial charge in [-0.25, -0.2) is 0 Å². The Hall–Kier alpha value is -1.06. The summed E-state index contributed by atoms with van der Waals surface area (Å²) in [4.78, 5) is 2.61. The number of para-hydroxylation sites is 1. The number of nitrogens with one attached hydrogen (secondary N) is 1. The van der Waals surface area contributed by atoms with Gasteiger partial charge in [0.25, 0.3) is 0 Å². The van der Waals surface area contributed by atoms with Crippen molar-refractivity contribution in [1.29, 1.82) is 0 Å². The molecule has 112 valence electrons. The van der Waals surface area contributed by atoms with E-state index in [1.165, 1.54) is 18.4 Å². The van der Waals surface area contributed by atoms with Crippen LogP contribution in [0.3, 0.4) is 0 Å². The molecule has 2 rings (SSSR count). The monoisotopic (exact) mass is 276 g/mol. The van der Waals surface area contributed by atoms with E-state index in [4.69, 9.17) is 4.74 Å². The largest absolute Gasteiger partial charge is 0.496 e. The maximum absolute atomic E-state index is 5.49. The topological polar surface area (TPSA) is 24.5 Å². The molecule has 0 saturated carbocycles. The van der Waals surface area contributed by atoms with Gasteiger partial charge in [0.1, 0.15) is 5.75 Å². The van der Waals surface area contributed by atoms with Crippen molar-refractivity contribution < 1.29 is 4.74 Å². The maximum Gasteiger partial charge on any atom is 0.123 e. The summed E-state index contributed by atoms with van der Waals surface area (Å²) >= 11 is 0. The van der Waals surface area contributed by atoms with Gasteiger partial charge in [-0.3, -0.25) is 4.90 Å². The van der Waals surface area contributed by atoms with Gasteiger partial charge in [-0.05, 0) is 26.3 Å². The zero-order valence-electron chi connectivity index (χ0n) is 13.3. The second-order valence-corrected chi connectivity index (χ2v) is 6.42. The third-order valence-electron chi connectivity index (χ3n) is 4.12. The van der Waals surface area contributed by atoms with Gasteiger partial charge in [-0.1, -0.05) is 31.5 Å². The summed E-state index contributed by atoms with van der Waals surface area (Å²) in [6, 6.07) is 8.99. The van der Waals surface area contributed by atoms with Crippen molar-refractivity contribution in [1.82, 2.24) is 10.2 Å². The molecule has 20 heavy (non-hydrogen) atoms. The first-order valence-corrected chi connectivity index (χ1v) is 7.66. The van der Waals surface area contributed by atoms with Crippen LogP contribution in [0.15, 0.2) is 24.3 Å². The lowest BCUT2D eigenvalue weighted by Crippen LogP contribution is -2.61. The Morgan fingerprint density at radius 1 is 1.35 bits per heavy atom. The molecule has 1 fully saturated rings. The third-order valence-corrected chi connectivity index (χ3v) is 4.12. The molecule has 1 aliphatic rings. The zero-order valence-corrected chi connectivity index (χ0v) is 13.3. The second-order valence-electron chi connectivity index (χ2n) is 6.42. The molecule has 1 atom stereocenters. The fourth-order valence-corrected chi connectivity index (χ4v) is 3.07. The summed E-state index contributed by atoms with van der Waals surface area (Å²) in [6.07, 6.45) is 2.48. The summed E-state index contributed by atoms with van der Waals surface area (Å²) in [7, 11) is 1.75. The lowest BCUT2D eigenvalue weighted by Gasteiger charge is -2.45. The number of ether oxygens (including phenoxy) is 1. The van der Waals surface area contributed by atoms with Crippen LogP contribution in [-0.2, 0) is 6.54 Å². The van der Waals surface area contributed by atoms with Crippen molar-refractivity contribution in [3.05, 3.63) is 29.8 Å². The van der Waals surface area contributed by atoms with Crippen LogP contribution in [0, 0.1) is 0 Å². The number of hydrogen-bond donors (Lipinski definition) is 1. The molecule has 1 aromatic carbocycles. The lowest BCUT2D eigenvalue weighted by molar-refractivity contribution is 0.0819. The van der Waals surface area contributed by atoms with Crippen molar-refractivity contribution >= 4 is 0 Å². The van der Waals surface area contributed by atoms with E-state index in [9.17, 15) is 0 Å². The van der Waals surface area contributed by atoms with Crippen LogP contribution in [0.1, 0.15) is 39.2 Å². The Kier molecular flexibility index (Phi) is 5.06. The van der Waals surface area contributed by atoms with Gasteiger partial charge in [0.05, 0.1) is 7.11 Å². The van der Waals surface area contributed by atoms with E-state index in [1.54, 1.807) is 7.11 Å². The first-order valence-electron chi connectivity index (χ1n) is 7.66. The van der Waals surface area contributed by atoms with E-state index >= 15 is 0 Å². The second kappa shape index (κ2) is 6.59. The number of nitrogens with zero attached hydrogens (tertiary/aromatic N) is 1. The van der Waals surface area contributed by atoms with Crippen molar-refractivity contribution in [2.24, 2.45) is 0 Å². The van der Waals surface area contributed by atoms with Crippen LogP contribution in [0.4, 0.5) is 0 Å². The minimum Gasteiger partial charge on any atom is -0.496 e. The fourth-order valence-electron chi connectivity index (χ4n) is 3.07. The number of hydrogen-bond acceptors (Lipinski definition) is 3. The van der Waals surface area contributed by atoms with Gasteiger partial charge in [0.2, 0.25) is 0 Å². The summed E-state index contributed by atoms with van der Waals surface area (Å²) < 4.78 is 5.49. The van der Waals surface area contributed by atoms with Crippen LogP contribution in [-0.4, -0.2) is 36.7 Å². The van der Waals surface area contributed by atoms with E-state index in [1.807, 2.05) is 6.07 Å². The Labute approximate surface area is 123 Å². The molecule has 0 aromatic heterocycles. The van der Waals surface area contributed by atoms with E-state index in [0.29, 0.717) is 6.04 Å². The Morgan fingerprint density at radius 3 is 2.80 bits per heavy atom. The normalized spacial score (nSPS) is 22.7. The molecule has 1 N–H and O–H groups in total. The molecule has 0 aliphatic carbocycles. The number of rotatable bonds is 5. The fraction of sp³-hybridized carbons (Fsp3) is 0.647. The highest BCUT2D eigenvalue weighted by Gasteiger charge is 2.32. The predicted molar refractivity (Wildman–Crippen MR) is 84.2 cm³/mol. The number of benzene rings is 1. The van der Waals surface area contributed by atoms with Crippen LogP contribution < -0.4 is 10.1 Å². The number of methoxy groups -OCH3 is 1. The Morgan fingerprint density at radius 2 is 2.10 bits per heavy atom. The first kappa shape index (κ1) is 15.3. The summed E-state index contributed by atoms with van der Waals surface area (Å²) in [5.74, 6) is 0.999. The Bertz CT molecular complexity index is 431. The van der Waals surface area contributed by atoms with E-state index in [0.717, 1.165) is 25.4 Å². The van der Waals surface area contributed by atoms with Crippen LogP contribution in [0.5, 0.6) is 5.75 Å². The third kappa shape index (κ3) is 3.74. The molecular formula is C17H28N2O. The molecule has 0 radical (unpaired) electrons. The zero-order chi connectivity index (χ0) is 14.6. The average molecular weight is 276 g/mol. The molecule has 1 saturated heterocycles. The molecule has 1 aliphatic heterocycles. The highest BCUT2D eigenvalue weighted by molar-refractivity contribution is 5.33. The molecular weight excluding hydrogens is 248 g/mol. The van der Waals surface area contributed by atoms with Crippen LogP contribution in [0.2, 0.25) is 0 Å². The van der Waals surface area contributed by atoms with Gasteiger partial charge >= 0.3 is 0 Å². The van der Waals surface area contributed by atoms with Gasteiger partial charge < -0.3 is 10.1 Å². The van der Waals surface area contributed by atoms with Gasteiger partial charge in [0.15, 0.2) is 0 Å². The maximum atomic E-state index is 5.49. The Balaban J connectivity index is 2.14. The molecule has 1 unspecified atom stereocenters. The molecule has 0 bridgehead atoms. The van der Waals surface area contributed by atoms with E-state index in [2.05, 4.69) is 49.2 Å². The van der Waals surface area contributed by atoms with Gasteiger partial charge in [-0.2, -0.15) is 0 Å². The van der Waals surface area contributed by atoms with Crippen LogP contribution in [0.25, 0.3) is 0 Å². The van der Waals surface area contributed by atoms with Gasteiger partial charge in [0, 0.05) is 36.8 Å². The van der Waals surface area contributed by atoms with E-state index in [-0.39, 0.29) is 5.54 Å². The first-order chi connectivity index (χ1) is 9.55. The minimum absolute atomic E-state index is 0.187. The summed E-state index contributed by atoms with van der Waals surface area (Å²) in [5, 5.41) is 3.66. The van der Waals surface area contributed by atoms with E-state index < -0.39 is 0 Å². The van der Waals surface area contributed by atoms with Crippen molar-refractivity contribution in [2.75, 3.05) is 20.2 Å². The molecule has 0 amide bonds. The van der Waals surface area contributed by atoms with Crippen molar-refractivity contribution in [3.8, 4) is 5.75 Å². The molecule has 3 heteroatoms. The van der Waals surface area contributed by atoms with Crippen molar-refractivity contribution in [3.63, 3.8) is 0 Å². The van der Waals surface area contributed by atoms with Crippen molar-refractivity contribution in [2.45, 2.75) is 51.7 Å². The highest BCUT2D eigenvalue weighted by atomic mass is 16.5. The number of piperazine rings is 1. The molecule has 0 spiro atoms. The quantitative estimate of drug-likeness (QED) is 0.894. The smallest absolute Gasteiger partial charge is 0.123 e. The minimum atomic E-state index is 0.187. The molecule has 1 aromatic rings. The van der Waals surface area contributed by atoms with Crippen LogP contribution >= 0.6 is 0 Å².